The van der Waals surface area contributed by atoms with Crippen molar-refractivity contribution in [2.24, 2.45) is 5.73 Å². The molecule has 1 aromatic heterocycles. The van der Waals surface area contributed by atoms with Gasteiger partial charge in [0.1, 0.15) is 6.33 Å². The Labute approximate surface area is 69.1 Å². The molecule has 62 valence electrons. The van der Waals surface area contributed by atoms with E-state index in [9.17, 15) is 0 Å². The molecule has 0 saturated heterocycles. The van der Waals surface area contributed by atoms with Crippen LogP contribution >= 0.6 is 11.8 Å². The molecule has 0 bridgehead atoms. The van der Waals surface area contributed by atoms with E-state index in [4.69, 9.17) is 11.6 Å². The van der Waals surface area contributed by atoms with Crippen molar-refractivity contribution in [1.82, 2.24) is 14.9 Å². The average molecular weight is 173 g/mol. The normalized spacial score (nSPS) is 13.3. The molecule has 0 spiro atoms. The quantitative estimate of drug-likeness (QED) is 0.472. The van der Waals surface area contributed by atoms with Crippen LogP contribution in [-0.4, -0.2) is 26.7 Å². The third-order valence-corrected chi connectivity index (χ3v) is 2.28. The summed E-state index contributed by atoms with van der Waals surface area (Å²) >= 11 is 1.52. The molecular weight excluding hydrogens is 162 g/mol. The third kappa shape index (κ3) is 2.09. The van der Waals surface area contributed by atoms with Crippen molar-refractivity contribution < 1.29 is 0 Å². The van der Waals surface area contributed by atoms with Crippen LogP contribution in [0.3, 0.4) is 0 Å². The van der Waals surface area contributed by atoms with Gasteiger partial charge in [-0.05, 0) is 0 Å². The molecule has 1 atom stereocenters. The molecule has 1 unspecified atom stereocenters. The lowest BCUT2D eigenvalue weighted by atomic mass is 10.5. The molecule has 6 heteroatoms. The van der Waals surface area contributed by atoms with Crippen molar-refractivity contribution in [3.8, 4) is 0 Å². The number of nitrogen functional groups attached to an aromatic ring is 1. The van der Waals surface area contributed by atoms with E-state index in [0.29, 0.717) is 17.0 Å². The topological polar surface area (TPSA) is 82.8 Å². The number of nitrogens with two attached hydrogens (primary N) is 2. The minimum Gasteiger partial charge on any atom is -0.336 e. The molecule has 1 heterocycles. The largest absolute Gasteiger partial charge is 0.336 e. The second-order valence-corrected chi connectivity index (χ2v) is 3.59. The maximum absolute atomic E-state index is 5.47. The zero-order valence-electron chi connectivity index (χ0n) is 6.27. The number of thioether (sulfide) groups is 1. The Morgan fingerprint density at radius 2 is 2.55 bits per heavy atom. The predicted octanol–water partition coefficient (Wildman–Crippen LogP) is -0.569. The van der Waals surface area contributed by atoms with Gasteiger partial charge in [-0.1, -0.05) is 18.7 Å². The van der Waals surface area contributed by atoms with Crippen molar-refractivity contribution >= 4 is 11.8 Å². The van der Waals surface area contributed by atoms with Crippen LogP contribution in [-0.2, 0) is 0 Å². The third-order valence-electron chi connectivity index (χ3n) is 1.18. The lowest BCUT2D eigenvalue weighted by Gasteiger charge is -2.05. The van der Waals surface area contributed by atoms with Crippen LogP contribution in [0.1, 0.15) is 6.92 Å². The molecule has 1 rings (SSSR count). The van der Waals surface area contributed by atoms with E-state index in [0.717, 1.165) is 0 Å². The molecule has 0 aliphatic carbocycles. The van der Waals surface area contributed by atoms with Gasteiger partial charge < -0.3 is 11.6 Å². The first-order chi connectivity index (χ1) is 5.24. The number of rotatable bonds is 3. The summed E-state index contributed by atoms with van der Waals surface area (Å²) in [6, 6.07) is 0. The minimum absolute atomic E-state index is 0.321. The highest BCUT2D eigenvalue weighted by Crippen LogP contribution is 2.17. The van der Waals surface area contributed by atoms with E-state index in [1.165, 1.54) is 22.8 Å². The van der Waals surface area contributed by atoms with E-state index < -0.39 is 0 Å². The van der Waals surface area contributed by atoms with Crippen molar-refractivity contribution in [3.63, 3.8) is 0 Å². The Bertz CT molecular complexity index is 222. The standard InChI is InChI=1S/C5H11N5S/c1-4(2-6)11-5-9-8-3-10(5)7/h3-4H,2,6-7H2,1H3. The molecule has 0 aliphatic rings. The Balaban J connectivity index is 2.56. The zero-order valence-corrected chi connectivity index (χ0v) is 7.08. The highest BCUT2D eigenvalue weighted by molar-refractivity contribution is 7.99. The highest BCUT2D eigenvalue weighted by atomic mass is 32.2. The van der Waals surface area contributed by atoms with Gasteiger partial charge in [-0.15, -0.1) is 10.2 Å². The van der Waals surface area contributed by atoms with Gasteiger partial charge in [0.25, 0.3) is 0 Å². The average Bonchev–Trinajstić information content (AvgIpc) is 2.37. The predicted molar refractivity (Wildman–Crippen MR) is 44.5 cm³/mol. The first kappa shape index (κ1) is 8.35. The van der Waals surface area contributed by atoms with Crippen LogP contribution in [0.2, 0.25) is 0 Å². The van der Waals surface area contributed by atoms with Gasteiger partial charge in [-0.25, -0.2) is 4.68 Å². The molecule has 0 aliphatic heterocycles. The molecule has 0 radical (unpaired) electrons. The van der Waals surface area contributed by atoms with Crippen LogP contribution < -0.4 is 11.6 Å². The van der Waals surface area contributed by atoms with E-state index in [1.54, 1.807) is 0 Å². The van der Waals surface area contributed by atoms with Crippen LogP contribution in [0.15, 0.2) is 11.5 Å². The van der Waals surface area contributed by atoms with Gasteiger partial charge in [0.15, 0.2) is 0 Å². The van der Waals surface area contributed by atoms with E-state index in [2.05, 4.69) is 10.2 Å². The molecule has 1 aromatic rings. The second-order valence-electron chi connectivity index (χ2n) is 2.18. The van der Waals surface area contributed by atoms with E-state index >= 15 is 0 Å². The fraction of sp³-hybridized carbons (Fsp3) is 0.600. The Hall–Kier alpha value is -0.750. The van der Waals surface area contributed by atoms with Gasteiger partial charge in [-0.3, -0.25) is 0 Å². The molecular formula is C5H11N5S. The van der Waals surface area contributed by atoms with Crippen molar-refractivity contribution in [3.05, 3.63) is 6.33 Å². The van der Waals surface area contributed by atoms with Crippen LogP contribution in [0.25, 0.3) is 0 Å². The lowest BCUT2D eigenvalue weighted by molar-refractivity contribution is 0.834. The van der Waals surface area contributed by atoms with Gasteiger partial charge in [-0.2, -0.15) is 0 Å². The summed E-state index contributed by atoms with van der Waals surface area (Å²) in [4.78, 5) is 0. The monoisotopic (exact) mass is 173 g/mol. The number of hydrogen-bond acceptors (Lipinski definition) is 5. The summed E-state index contributed by atoms with van der Waals surface area (Å²) in [5.41, 5.74) is 5.42. The molecule has 0 saturated carbocycles. The Morgan fingerprint density at radius 1 is 1.82 bits per heavy atom. The SMILES string of the molecule is CC(CN)Sc1nncn1N. The van der Waals surface area contributed by atoms with Crippen molar-refractivity contribution in [1.29, 1.82) is 0 Å². The summed E-state index contributed by atoms with van der Waals surface area (Å²) in [5, 5.41) is 8.45. The van der Waals surface area contributed by atoms with Gasteiger partial charge in [0, 0.05) is 11.8 Å². The smallest absolute Gasteiger partial charge is 0.209 e. The Kier molecular flexibility index (Phi) is 2.72. The fourth-order valence-corrected chi connectivity index (χ4v) is 1.26. The van der Waals surface area contributed by atoms with Crippen molar-refractivity contribution in [2.45, 2.75) is 17.3 Å². The van der Waals surface area contributed by atoms with Gasteiger partial charge in [0.05, 0.1) is 0 Å². The first-order valence-corrected chi connectivity index (χ1v) is 4.14. The van der Waals surface area contributed by atoms with Crippen LogP contribution in [0.5, 0.6) is 0 Å². The van der Waals surface area contributed by atoms with E-state index in [1.807, 2.05) is 6.92 Å². The molecule has 0 aromatic carbocycles. The molecule has 0 amide bonds. The maximum atomic E-state index is 5.47. The van der Waals surface area contributed by atoms with Crippen LogP contribution in [0, 0.1) is 0 Å². The summed E-state index contributed by atoms with van der Waals surface area (Å²) in [5.74, 6) is 5.47. The number of aromatic nitrogens is 3. The first-order valence-electron chi connectivity index (χ1n) is 3.26. The number of nitrogens with zero attached hydrogens (tertiary/aromatic N) is 3. The Morgan fingerprint density at radius 3 is 3.00 bits per heavy atom. The molecule has 0 fully saturated rings. The summed E-state index contributed by atoms with van der Waals surface area (Å²) in [7, 11) is 0. The fourth-order valence-electron chi connectivity index (χ4n) is 0.544. The van der Waals surface area contributed by atoms with Crippen LogP contribution in [0.4, 0.5) is 0 Å². The maximum Gasteiger partial charge on any atom is 0.209 e. The van der Waals surface area contributed by atoms with Gasteiger partial charge >= 0.3 is 0 Å². The second kappa shape index (κ2) is 3.59. The zero-order chi connectivity index (χ0) is 8.27. The summed E-state index contributed by atoms with van der Waals surface area (Å²) in [6.07, 6.45) is 1.46. The molecule has 4 N–H and O–H groups in total. The van der Waals surface area contributed by atoms with E-state index in [-0.39, 0.29) is 0 Å². The van der Waals surface area contributed by atoms with Crippen molar-refractivity contribution in [2.75, 3.05) is 12.4 Å². The summed E-state index contributed by atoms with van der Waals surface area (Å²) in [6.45, 7) is 2.62. The number of hydrogen-bond donors (Lipinski definition) is 2. The molecule has 11 heavy (non-hydrogen) atoms. The minimum atomic E-state index is 0.321. The highest BCUT2D eigenvalue weighted by Gasteiger charge is 2.06. The summed E-state index contributed by atoms with van der Waals surface area (Å²) < 4.78 is 1.39. The van der Waals surface area contributed by atoms with Gasteiger partial charge in [0.2, 0.25) is 5.16 Å². The molecule has 5 nitrogen and oxygen atoms in total. The lowest BCUT2D eigenvalue weighted by Crippen LogP contribution is -2.15.